The Labute approximate surface area is 122 Å². The van der Waals surface area contributed by atoms with Gasteiger partial charge in [-0.15, -0.1) is 0 Å². The number of benzene rings is 1. The Morgan fingerprint density at radius 3 is 2.95 bits per heavy atom. The molecule has 3 rings (SSSR count). The topological polar surface area (TPSA) is 55.1 Å². The molecule has 0 amide bonds. The third kappa shape index (κ3) is 2.33. The second-order valence-corrected chi connectivity index (χ2v) is 5.77. The van der Waals surface area contributed by atoms with Crippen molar-refractivity contribution in [2.75, 3.05) is 0 Å². The van der Waals surface area contributed by atoms with Gasteiger partial charge in [-0.3, -0.25) is 0 Å². The number of aryl methyl sites for hydroxylation is 1. The van der Waals surface area contributed by atoms with Gasteiger partial charge >= 0.3 is 5.97 Å². The molecule has 0 bridgehead atoms. The Morgan fingerprint density at radius 1 is 1.48 bits per heavy atom. The van der Waals surface area contributed by atoms with Crippen LogP contribution in [0.1, 0.15) is 40.7 Å². The SMILES string of the molecule is Cc1ccc(F)cc1-n1nc(C(=O)O)c2c1CCC(C)C2. The fraction of sp³-hybridized carbons (Fsp3) is 0.375. The molecule has 1 N–H and O–H groups in total. The van der Waals surface area contributed by atoms with Gasteiger partial charge in [0.25, 0.3) is 0 Å². The van der Waals surface area contributed by atoms with E-state index < -0.39 is 5.97 Å². The number of carbonyl (C=O) groups is 1. The predicted octanol–water partition coefficient (Wildman–Crippen LogP) is 3.14. The van der Waals surface area contributed by atoms with Crippen molar-refractivity contribution in [3.63, 3.8) is 0 Å². The molecule has 1 atom stereocenters. The average Bonchev–Trinajstić information content (AvgIpc) is 2.80. The van der Waals surface area contributed by atoms with Crippen molar-refractivity contribution in [2.24, 2.45) is 5.92 Å². The molecule has 5 heteroatoms. The standard InChI is InChI=1S/C16H17FN2O2/c1-9-3-6-13-12(7-9)15(16(20)21)18-19(13)14-8-11(17)5-4-10(14)2/h4-5,8-9H,3,6-7H2,1-2H3,(H,20,21). The molecular weight excluding hydrogens is 271 g/mol. The van der Waals surface area contributed by atoms with Crippen LogP contribution >= 0.6 is 0 Å². The maximum atomic E-state index is 13.5. The first-order valence-corrected chi connectivity index (χ1v) is 7.08. The van der Waals surface area contributed by atoms with Crippen molar-refractivity contribution in [1.82, 2.24) is 9.78 Å². The quantitative estimate of drug-likeness (QED) is 0.923. The van der Waals surface area contributed by atoms with E-state index in [9.17, 15) is 14.3 Å². The second-order valence-electron chi connectivity index (χ2n) is 5.77. The Morgan fingerprint density at radius 2 is 2.24 bits per heavy atom. The third-order valence-corrected chi connectivity index (χ3v) is 4.12. The van der Waals surface area contributed by atoms with E-state index >= 15 is 0 Å². The van der Waals surface area contributed by atoms with Gasteiger partial charge in [-0.2, -0.15) is 5.10 Å². The van der Waals surface area contributed by atoms with Gasteiger partial charge in [0.2, 0.25) is 0 Å². The summed E-state index contributed by atoms with van der Waals surface area (Å²) in [6, 6.07) is 4.49. The maximum Gasteiger partial charge on any atom is 0.356 e. The van der Waals surface area contributed by atoms with E-state index in [0.29, 0.717) is 18.0 Å². The molecule has 0 aliphatic heterocycles. The van der Waals surface area contributed by atoms with Crippen molar-refractivity contribution in [3.8, 4) is 5.69 Å². The fourth-order valence-corrected chi connectivity index (χ4v) is 2.97. The first-order valence-electron chi connectivity index (χ1n) is 7.08. The summed E-state index contributed by atoms with van der Waals surface area (Å²) < 4.78 is 15.1. The monoisotopic (exact) mass is 288 g/mol. The number of hydrogen-bond donors (Lipinski definition) is 1. The molecule has 1 unspecified atom stereocenters. The summed E-state index contributed by atoms with van der Waals surface area (Å²) in [6.45, 7) is 3.98. The van der Waals surface area contributed by atoms with E-state index in [1.807, 2.05) is 6.92 Å². The van der Waals surface area contributed by atoms with E-state index in [4.69, 9.17) is 0 Å². The first-order chi connectivity index (χ1) is 9.97. The zero-order chi connectivity index (χ0) is 15.1. The third-order valence-electron chi connectivity index (χ3n) is 4.12. The summed E-state index contributed by atoms with van der Waals surface area (Å²) in [5.41, 5.74) is 3.29. The van der Waals surface area contributed by atoms with Gasteiger partial charge in [-0.05, 0) is 49.8 Å². The van der Waals surface area contributed by atoms with Crippen molar-refractivity contribution in [3.05, 3.63) is 46.5 Å². The largest absolute Gasteiger partial charge is 0.476 e. The van der Waals surface area contributed by atoms with Crippen LogP contribution in [-0.4, -0.2) is 20.9 Å². The van der Waals surface area contributed by atoms with Gasteiger partial charge in [0.05, 0.1) is 5.69 Å². The second kappa shape index (κ2) is 4.98. The zero-order valence-electron chi connectivity index (χ0n) is 12.1. The molecule has 0 saturated carbocycles. The molecule has 1 heterocycles. The molecule has 1 aromatic heterocycles. The van der Waals surface area contributed by atoms with Crippen LogP contribution in [0.5, 0.6) is 0 Å². The molecule has 0 fully saturated rings. The number of carboxylic acid groups (broad SMARTS) is 1. The van der Waals surface area contributed by atoms with Gasteiger partial charge in [0.15, 0.2) is 5.69 Å². The highest BCUT2D eigenvalue weighted by molar-refractivity contribution is 5.87. The summed E-state index contributed by atoms with van der Waals surface area (Å²) in [6.07, 6.45) is 2.48. The average molecular weight is 288 g/mol. The number of nitrogens with zero attached hydrogens (tertiary/aromatic N) is 2. The van der Waals surface area contributed by atoms with Gasteiger partial charge in [0.1, 0.15) is 5.82 Å². The van der Waals surface area contributed by atoms with Crippen LogP contribution in [0, 0.1) is 18.7 Å². The van der Waals surface area contributed by atoms with Crippen LogP contribution in [-0.2, 0) is 12.8 Å². The van der Waals surface area contributed by atoms with Gasteiger partial charge in [-0.25, -0.2) is 13.9 Å². The van der Waals surface area contributed by atoms with Crippen LogP contribution in [0.25, 0.3) is 5.69 Å². The molecule has 0 spiro atoms. The van der Waals surface area contributed by atoms with Crippen molar-refractivity contribution >= 4 is 5.97 Å². The highest BCUT2D eigenvalue weighted by atomic mass is 19.1. The molecule has 1 aliphatic carbocycles. The maximum absolute atomic E-state index is 13.5. The zero-order valence-corrected chi connectivity index (χ0v) is 12.1. The van der Waals surface area contributed by atoms with Crippen molar-refractivity contribution < 1.29 is 14.3 Å². The highest BCUT2D eigenvalue weighted by Crippen LogP contribution is 2.30. The summed E-state index contributed by atoms with van der Waals surface area (Å²) in [5.74, 6) is -0.920. The van der Waals surface area contributed by atoms with Crippen LogP contribution in [0.2, 0.25) is 0 Å². The molecule has 0 saturated heterocycles. The molecule has 1 aromatic carbocycles. The lowest BCUT2D eigenvalue weighted by Crippen LogP contribution is -2.15. The minimum absolute atomic E-state index is 0.0974. The number of aromatic nitrogens is 2. The minimum Gasteiger partial charge on any atom is -0.476 e. The summed E-state index contributed by atoms with van der Waals surface area (Å²) in [4.78, 5) is 11.4. The molecule has 21 heavy (non-hydrogen) atoms. The summed E-state index contributed by atoms with van der Waals surface area (Å²) in [7, 11) is 0. The predicted molar refractivity (Wildman–Crippen MR) is 76.4 cm³/mol. The summed E-state index contributed by atoms with van der Waals surface area (Å²) in [5, 5.41) is 13.6. The van der Waals surface area contributed by atoms with Crippen molar-refractivity contribution in [2.45, 2.75) is 33.1 Å². The number of carboxylic acids is 1. The van der Waals surface area contributed by atoms with E-state index in [1.165, 1.54) is 12.1 Å². The number of aromatic carboxylic acids is 1. The normalized spacial score (nSPS) is 17.6. The minimum atomic E-state index is -1.02. The molecule has 110 valence electrons. The fourth-order valence-electron chi connectivity index (χ4n) is 2.97. The van der Waals surface area contributed by atoms with E-state index in [-0.39, 0.29) is 11.5 Å². The Balaban J connectivity index is 2.22. The Bertz CT molecular complexity index is 721. The first kappa shape index (κ1) is 13.8. The molecular formula is C16H17FN2O2. The Hall–Kier alpha value is -2.17. The van der Waals surface area contributed by atoms with Gasteiger partial charge < -0.3 is 5.11 Å². The molecule has 2 aromatic rings. The van der Waals surface area contributed by atoms with Crippen LogP contribution in [0.15, 0.2) is 18.2 Å². The van der Waals surface area contributed by atoms with Crippen LogP contribution < -0.4 is 0 Å². The van der Waals surface area contributed by atoms with E-state index in [2.05, 4.69) is 12.0 Å². The van der Waals surface area contributed by atoms with Crippen molar-refractivity contribution in [1.29, 1.82) is 0 Å². The van der Waals surface area contributed by atoms with E-state index in [0.717, 1.165) is 29.7 Å². The lowest BCUT2D eigenvalue weighted by atomic mass is 9.87. The smallest absolute Gasteiger partial charge is 0.356 e. The van der Waals surface area contributed by atoms with Crippen LogP contribution in [0.3, 0.4) is 0 Å². The number of fused-ring (bicyclic) bond motifs is 1. The van der Waals surface area contributed by atoms with Gasteiger partial charge in [-0.1, -0.05) is 13.0 Å². The van der Waals surface area contributed by atoms with Gasteiger partial charge in [0, 0.05) is 11.3 Å². The summed E-state index contributed by atoms with van der Waals surface area (Å²) >= 11 is 0. The lowest BCUT2D eigenvalue weighted by molar-refractivity contribution is 0.0688. The van der Waals surface area contributed by atoms with Crippen LogP contribution in [0.4, 0.5) is 4.39 Å². The molecule has 4 nitrogen and oxygen atoms in total. The number of hydrogen-bond acceptors (Lipinski definition) is 2. The molecule has 1 aliphatic rings. The number of rotatable bonds is 2. The highest BCUT2D eigenvalue weighted by Gasteiger charge is 2.28. The number of halogens is 1. The molecule has 0 radical (unpaired) electrons. The van der Waals surface area contributed by atoms with E-state index in [1.54, 1.807) is 10.7 Å². The Kier molecular flexibility index (Phi) is 3.27. The lowest BCUT2D eigenvalue weighted by Gasteiger charge is -2.20.